The van der Waals surface area contributed by atoms with E-state index in [1.807, 2.05) is 42.6 Å². The van der Waals surface area contributed by atoms with E-state index in [9.17, 15) is 9.90 Å². The first-order valence-electron chi connectivity index (χ1n) is 12.1. The van der Waals surface area contributed by atoms with E-state index in [1.165, 1.54) is 31.4 Å². The van der Waals surface area contributed by atoms with Crippen molar-refractivity contribution in [3.05, 3.63) is 65.9 Å². The second kappa shape index (κ2) is 13.5. The first-order chi connectivity index (χ1) is 17.1. The first-order valence-corrected chi connectivity index (χ1v) is 12.1. The number of rotatable bonds is 5. The van der Waals surface area contributed by atoms with Crippen molar-refractivity contribution in [2.24, 2.45) is 11.5 Å². The maximum atomic E-state index is 10.6. The van der Waals surface area contributed by atoms with Crippen LogP contribution in [0.4, 0.5) is 4.79 Å². The highest BCUT2D eigenvalue weighted by Gasteiger charge is 2.33. The molecule has 1 aromatic heterocycles. The van der Waals surface area contributed by atoms with Gasteiger partial charge in [-0.1, -0.05) is 43.7 Å². The monoisotopic (exact) mass is 498 g/mol. The summed E-state index contributed by atoms with van der Waals surface area (Å²) in [5.74, 6) is -0.581. The Balaban J connectivity index is 0.000000222. The van der Waals surface area contributed by atoms with Gasteiger partial charge >= 0.3 is 12.1 Å². The number of aliphatic carboxylic acids is 1. The molecule has 0 aliphatic carbocycles. The summed E-state index contributed by atoms with van der Waals surface area (Å²) in [6.45, 7) is 4.57. The standard InChI is InChI=1S/C15H23NO.C11H12N2O2.CH3NO2/c1-3-15(9-4-5-10-16(2)12-15)13-7-6-8-14(17)11-13;12-9(11(14)15)5-7-6-13-10-4-2-1-3-8(7)10;2-1(3)4/h6-8,11,17H,3-5,9-10,12H2,1-2H3;1-4,6,9,13H,5,12H2,(H,14,15);2H2,(H,3,4). The van der Waals surface area contributed by atoms with Crippen LogP contribution in [-0.4, -0.2) is 63.4 Å². The number of phenols is 1. The van der Waals surface area contributed by atoms with Gasteiger partial charge in [0, 0.05) is 35.5 Å². The Hall–Kier alpha value is -3.56. The molecule has 36 heavy (non-hydrogen) atoms. The second-order valence-corrected chi connectivity index (χ2v) is 9.23. The molecule has 2 heterocycles. The summed E-state index contributed by atoms with van der Waals surface area (Å²) in [6.07, 6.45) is 5.77. The van der Waals surface area contributed by atoms with E-state index < -0.39 is 18.1 Å². The van der Waals surface area contributed by atoms with Gasteiger partial charge in [0.1, 0.15) is 11.8 Å². The van der Waals surface area contributed by atoms with Crippen LogP contribution in [0.2, 0.25) is 0 Å². The molecule has 0 saturated carbocycles. The lowest BCUT2D eigenvalue weighted by Gasteiger charge is -2.35. The normalized spacial score (nSPS) is 18.6. The number of amides is 1. The van der Waals surface area contributed by atoms with Crippen LogP contribution in [0.5, 0.6) is 5.75 Å². The fraction of sp³-hybridized carbons (Fsp3) is 0.407. The van der Waals surface area contributed by atoms with Crippen molar-refractivity contribution in [1.82, 2.24) is 9.88 Å². The molecule has 9 nitrogen and oxygen atoms in total. The van der Waals surface area contributed by atoms with E-state index in [0.717, 1.165) is 29.4 Å². The van der Waals surface area contributed by atoms with E-state index >= 15 is 0 Å². The van der Waals surface area contributed by atoms with Crippen molar-refractivity contribution >= 4 is 23.0 Å². The molecular weight excluding hydrogens is 460 g/mol. The van der Waals surface area contributed by atoms with Crippen LogP contribution in [0.3, 0.4) is 0 Å². The summed E-state index contributed by atoms with van der Waals surface area (Å²) in [6, 6.07) is 14.8. The van der Waals surface area contributed by atoms with E-state index in [4.69, 9.17) is 20.7 Å². The Kier molecular flexibility index (Phi) is 10.8. The SMILES string of the molecule is CCC1(c2cccc(O)c2)CCCCN(C)C1.NC(=O)O.NC(Cc1c[nH]c2ccccc12)C(=O)O. The number of aromatic nitrogens is 1. The zero-order chi connectivity index (χ0) is 26.7. The van der Waals surface area contributed by atoms with Crippen molar-refractivity contribution in [2.45, 2.75) is 50.5 Å². The van der Waals surface area contributed by atoms with Crippen LogP contribution in [0.25, 0.3) is 10.9 Å². The maximum Gasteiger partial charge on any atom is 0.402 e. The van der Waals surface area contributed by atoms with Gasteiger partial charge in [0.15, 0.2) is 0 Å². The van der Waals surface area contributed by atoms with Gasteiger partial charge in [-0.05, 0) is 62.2 Å². The predicted molar refractivity (Wildman–Crippen MR) is 141 cm³/mol. The number of aromatic hydroxyl groups is 1. The minimum Gasteiger partial charge on any atom is -0.508 e. The average Bonchev–Trinajstić information content (AvgIpc) is 3.12. The molecular formula is C27H38N4O5. The number of likely N-dealkylation sites (tertiary alicyclic amines) is 1. The van der Waals surface area contributed by atoms with E-state index in [0.29, 0.717) is 12.2 Å². The number of H-pyrrole nitrogens is 1. The third-order valence-electron chi connectivity index (χ3n) is 6.58. The number of hydrogen-bond acceptors (Lipinski definition) is 5. The van der Waals surface area contributed by atoms with Crippen LogP contribution in [0.15, 0.2) is 54.7 Å². The Bertz CT molecular complexity index is 1130. The van der Waals surface area contributed by atoms with Crippen LogP contribution < -0.4 is 11.5 Å². The lowest BCUT2D eigenvalue weighted by molar-refractivity contribution is -0.138. The fourth-order valence-corrected chi connectivity index (χ4v) is 4.71. The third-order valence-corrected chi connectivity index (χ3v) is 6.58. The molecule has 2 unspecified atom stereocenters. The average molecular weight is 499 g/mol. The Labute approximate surface area is 211 Å². The largest absolute Gasteiger partial charge is 0.508 e. The van der Waals surface area contributed by atoms with Crippen LogP contribution >= 0.6 is 0 Å². The van der Waals surface area contributed by atoms with Crippen molar-refractivity contribution in [3.8, 4) is 5.75 Å². The summed E-state index contributed by atoms with van der Waals surface area (Å²) < 4.78 is 0. The molecule has 1 fully saturated rings. The Morgan fingerprint density at radius 1 is 1.14 bits per heavy atom. The van der Waals surface area contributed by atoms with Crippen LogP contribution in [0, 0.1) is 0 Å². The van der Waals surface area contributed by atoms with Gasteiger partial charge in [0.2, 0.25) is 0 Å². The van der Waals surface area contributed by atoms with E-state index in [1.54, 1.807) is 6.07 Å². The highest BCUT2D eigenvalue weighted by molar-refractivity contribution is 5.84. The number of hydrogen-bond donors (Lipinski definition) is 6. The van der Waals surface area contributed by atoms with Crippen molar-refractivity contribution < 1.29 is 24.9 Å². The van der Waals surface area contributed by atoms with E-state index in [2.05, 4.69) is 35.7 Å². The minimum atomic E-state index is -1.33. The lowest BCUT2D eigenvalue weighted by Crippen LogP contribution is -2.37. The Morgan fingerprint density at radius 2 is 1.83 bits per heavy atom. The molecule has 0 bridgehead atoms. The number of benzene rings is 2. The van der Waals surface area contributed by atoms with Crippen molar-refractivity contribution in [2.75, 3.05) is 20.1 Å². The van der Waals surface area contributed by atoms with Gasteiger partial charge in [0.25, 0.3) is 0 Å². The van der Waals surface area contributed by atoms with Crippen molar-refractivity contribution in [3.63, 3.8) is 0 Å². The van der Waals surface area contributed by atoms with Gasteiger partial charge in [-0.3, -0.25) is 4.79 Å². The highest BCUT2D eigenvalue weighted by Crippen LogP contribution is 2.37. The molecule has 1 aliphatic rings. The minimum absolute atomic E-state index is 0.226. The zero-order valence-corrected chi connectivity index (χ0v) is 21.0. The first kappa shape index (κ1) is 28.7. The van der Waals surface area contributed by atoms with Gasteiger partial charge in [-0.15, -0.1) is 0 Å². The Morgan fingerprint density at radius 3 is 2.47 bits per heavy atom. The number of fused-ring (bicyclic) bond motifs is 1. The number of primary amides is 1. The number of carboxylic acid groups (broad SMARTS) is 2. The number of nitrogens with zero attached hydrogens (tertiary/aromatic N) is 1. The number of carboxylic acids is 1. The van der Waals surface area contributed by atoms with Gasteiger partial charge in [-0.2, -0.15) is 0 Å². The quantitative estimate of drug-likeness (QED) is 0.310. The molecule has 3 aromatic rings. The topological polar surface area (TPSA) is 166 Å². The maximum absolute atomic E-state index is 10.6. The number of para-hydroxylation sites is 1. The molecule has 1 saturated heterocycles. The fourth-order valence-electron chi connectivity index (χ4n) is 4.71. The predicted octanol–water partition coefficient (Wildman–Crippen LogP) is 3.90. The molecule has 9 heteroatoms. The highest BCUT2D eigenvalue weighted by atomic mass is 16.4. The number of nitrogens with one attached hydrogen (secondary N) is 1. The van der Waals surface area contributed by atoms with Gasteiger partial charge in [-0.25, -0.2) is 4.79 Å². The number of phenolic OH excluding ortho intramolecular Hbond substituents is 1. The molecule has 8 N–H and O–H groups in total. The summed E-state index contributed by atoms with van der Waals surface area (Å²) >= 11 is 0. The molecule has 0 spiro atoms. The molecule has 1 amide bonds. The smallest absolute Gasteiger partial charge is 0.402 e. The summed E-state index contributed by atoms with van der Waals surface area (Å²) in [4.78, 5) is 24.9. The van der Waals surface area contributed by atoms with Crippen LogP contribution in [-0.2, 0) is 16.6 Å². The molecule has 2 aromatic carbocycles. The molecule has 196 valence electrons. The molecule has 4 rings (SSSR count). The summed E-state index contributed by atoms with van der Waals surface area (Å²) in [7, 11) is 2.21. The molecule has 2 atom stereocenters. The van der Waals surface area contributed by atoms with Gasteiger partial charge < -0.3 is 36.7 Å². The second-order valence-electron chi connectivity index (χ2n) is 9.23. The van der Waals surface area contributed by atoms with Crippen molar-refractivity contribution in [1.29, 1.82) is 0 Å². The zero-order valence-electron chi connectivity index (χ0n) is 21.0. The number of likely N-dealkylation sites (N-methyl/N-ethyl adjacent to an activating group) is 1. The number of aromatic amines is 1. The molecule has 0 radical (unpaired) electrons. The lowest BCUT2D eigenvalue weighted by atomic mass is 9.74. The number of nitrogens with two attached hydrogens (primary N) is 2. The third kappa shape index (κ3) is 8.28. The van der Waals surface area contributed by atoms with E-state index in [-0.39, 0.29) is 5.41 Å². The van der Waals surface area contributed by atoms with Crippen LogP contribution in [0.1, 0.15) is 43.7 Å². The molecule has 1 aliphatic heterocycles. The number of carbonyl (C=O) groups is 2. The van der Waals surface area contributed by atoms with Gasteiger partial charge in [0.05, 0.1) is 0 Å². The summed E-state index contributed by atoms with van der Waals surface area (Å²) in [5.41, 5.74) is 13.0. The summed E-state index contributed by atoms with van der Waals surface area (Å²) in [5, 5.41) is 26.6.